The maximum atomic E-state index is 5.21. The van der Waals surface area contributed by atoms with Crippen LogP contribution >= 0.6 is 11.3 Å². The first-order valence-corrected chi connectivity index (χ1v) is 20.0. The van der Waals surface area contributed by atoms with Gasteiger partial charge in [0.15, 0.2) is 17.5 Å². The van der Waals surface area contributed by atoms with E-state index in [0.29, 0.717) is 17.5 Å². The van der Waals surface area contributed by atoms with Crippen molar-refractivity contribution in [3.8, 4) is 67.5 Å². The highest BCUT2D eigenvalue weighted by Gasteiger charge is 2.19. The lowest BCUT2D eigenvalue weighted by Gasteiger charge is -2.12. The molecule has 0 saturated carbocycles. The molecule has 9 aromatic carbocycles. The minimum Gasteiger partial charge on any atom is -0.208 e. The molecule has 0 N–H and O–H groups in total. The van der Waals surface area contributed by atoms with Gasteiger partial charge < -0.3 is 0 Å². The number of thiophene rings is 1. The van der Waals surface area contributed by atoms with Gasteiger partial charge in [0.1, 0.15) is 0 Å². The Morgan fingerprint density at radius 1 is 0.298 bits per heavy atom. The average molecular weight is 744 g/mol. The Balaban J connectivity index is 1.05. The molecule has 4 heteroatoms. The first-order valence-electron chi connectivity index (χ1n) is 19.2. The monoisotopic (exact) mass is 743 g/mol. The molecule has 11 rings (SSSR count). The predicted octanol–water partition coefficient (Wildman–Crippen LogP) is 14.5. The third kappa shape index (κ3) is 5.95. The lowest BCUT2D eigenvalue weighted by molar-refractivity contribution is 1.08. The van der Waals surface area contributed by atoms with Gasteiger partial charge in [0.25, 0.3) is 0 Å². The van der Waals surface area contributed by atoms with E-state index in [4.69, 9.17) is 15.0 Å². The molecule has 0 amide bonds. The summed E-state index contributed by atoms with van der Waals surface area (Å²) >= 11 is 1.84. The van der Waals surface area contributed by atoms with Gasteiger partial charge in [-0.25, -0.2) is 15.0 Å². The van der Waals surface area contributed by atoms with Crippen LogP contribution in [0.25, 0.3) is 109 Å². The second kappa shape index (κ2) is 13.8. The zero-order valence-corrected chi connectivity index (χ0v) is 31.6. The molecule has 0 saturated heterocycles. The molecule has 0 aliphatic carbocycles. The van der Waals surface area contributed by atoms with E-state index in [1.807, 2.05) is 35.6 Å². The molecule has 0 radical (unpaired) electrons. The Morgan fingerprint density at radius 3 is 1.54 bits per heavy atom. The van der Waals surface area contributed by atoms with Crippen LogP contribution in [-0.2, 0) is 0 Å². The first kappa shape index (κ1) is 33.1. The predicted molar refractivity (Wildman–Crippen MR) is 240 cm³/mol. The molecular formula is C53H33N3S. The highest BCUT2D eigenvalue weighted by Crippen LogP contribution is 2.45. The maximum absolute atomic E-state index is 5.21. The number of aromatic nitrogens is 3. The first-order chi connectivity index (χ1) is 28.2. The average Bonchev–Trinajstić information content (AvgIpc) is 3.68. The van der Waals surface area contributed by atoms with Gasteiger partial charge in [-0.3, -0.25) is 0 Å². The van der Waals surface area contributed by atoms with Gasteiger partial charge >= 0.3 is 0 Å². The van der Waals surface area contributed by atoms with E-state index in [9.17, 15) is 0 Å². The quantitative estimate of drug-likeness (QED) is 0.170. The Kier molecular flexibility index (Phi) is 8.01. The van der Waals surface area contributed by atoms with Crippen molar-refractivity contribution in [3.05, 3.63) is 200 Å². The van der Waals surface area contributed by atoms with Crippen LogP contribution in [0.2, 0.25) is 0 Å². The van der Waals surface area contributed by atoms with Gasteiger partial charge in [-0.15, -0.1) is 11.3 Å². The van der Waals surface area contributed by atoms with Gasteiger partial charge in [0.2, 0.25) is 0 Å². The SMILES string of the molecule is c1ccc(-c2ccc(-c3nc(-c4ccccc4)nc(-c4cc5sc6c(-c7ccc(-c8ccc9ccccc9c8)cc7)cccc6c5c5ccccc45)n3)cc2)cc1. The van der Waals surface area contributed by atoms with E-state index in [1.165, 1.54) is 64.1 Å². The van der Waals surface area contributed by atoms with E-state index in [1.54, 1.807) is 0 Å². The molecule has 0 unspecified atom stereocenters. The molecule has 11 aromatic rings. The number of benzene rings is 9. The fraction of sp³-hybridized carbons (Fsp3) is 0. The fourth-order valence-corrected chi connectivity index (χ4v) is 9.36. The Morgan fingerprint density at radius 2 is 0.807 bits per heavy atom. The smallest absolute Gasteiger partial charge is 0.164 e. The topological polar surface area (TPSA) is 38.7 Å². The van der Waals surface area contributed by atoms with Crippen molar-refractivity contribution in [2.24, 2.45) is 0 Å². The standard InChI is InChI=1S/C53H33N3S/c1-3-12-34(13-4-1)36-24-29-40(30-25-36)52-54-51(39-15-5-2-6-16-39)55-53(56-52)47-33-48-49(45-19-10-9-18-44(45)47)46-21-11-20-43(50(46)57-48)38-27-22-37(23-28-38)42-31-26-35-14-7-8-17-41(35)32-42/h1-33H. The van der Waals surface area contributed by atoms with Crippen LogP contribution in [0, 0.1) is 0 Å². The summed E-state index contributed by atoms with van der Waals surface area (Å²) in [7, 11) is 0. The zero-order valence-electron chi connectivity index (χ0n) is 30.8. The highest BCUT2D eigenvalue weighted by molar-refractivity contribution is 7.26. The van der Waals surface area contributed by atoms with Crippen molar-refractivity contribution in [2.45, 2.75) is 0 Å². The van der Waals surface area contributed by atoms with Crippen LogP contribution in [0.15, 0.2) is 200 Å². The molecule has 2 aromatic heterocycles. The van der Waals surface area contributed by atoms with E-state index in [-0.39, 0.29) is 0 Å². The van der Waals surface area contributed by atoms with E-state index < -0.39 is 0 Å². The molecule has 57 heavy (non-hydrogen) atoms. The Labute approximate surface area is 334 Å². The molecular weight excluding hydrogens is 711 g/mol. The molecule has 0 atom stereocenters. The second-order valence-electron chi connectivity index (χ2n) is 14.4. The Bertz CT molecular complexity index is 3260. The van der Waals surface area contributed by atoms with Crippen molar-refractivity contribution < 1.29 is 0 Å². The van der Waals surface area contributed by atoms with Crippen molar-refractivity contribution in [1.29, 1.82) is 0 Å². The van der Waals surface area contributed by atoms with E-state index in [2.05, 4.69) is 176 Å². The van der Waals surface area contributed by atoms with Gasteiger partial charge in [0, 0.05) is 36.9 Å². The van der Waals surface area contributed by atoms with Crippen molar-refractivity contribution >= 4 is 53.1 Å². The van der Waals surface area contributed by atoms with Gasteiger partial charge in [-0.2, -0.15) is 0 Å². The fourth-order valence-electron chi connectivity index (χ4n) is 8.07. The third-order valence-corrected chi connectivity index (χ3v) is 12.1. The lowest BCUT2D eigenvalue weighted by Crippen LogP contribution is -2.00. The second-order valence-corrected chi connectivity index (χ2v) is 15.4. The largest absolute Gasteiger partial charge is 0.208 e. The number of hydrogen-bond acceptors (Lipinski definition) is 4. The number of fused-ring (bicyclic) bond motifs is 6. The van der Waals surface area contributed by atoms with Crippen LogP contribution in [0.4, 0.5) is 0 Å². The summed E-state index contributed by atoms with van der Waals surface area (Å²) in [5.41, 5.74) is 10.1. The summed E-state index contributed by atoms with van der Waals surface area (Å²) in [6.45, 7) is 0. The van der Waals surface area contributed by atoms with Crippen LogP contribution < -0.4 is 0 Å². The molecule has 266 valence electrons. The van der Waals surface area contributed by atoms with Crippen LogP contribution in [0.3, 0.4) is 0 Å². The maximum Gasteiger partial charge on any atom is 0.164 e. The number of rotatable bonds is 6. The van der Waals surface area contributed by atoms with Crippen molar-refractivity contribution in [2.75, 3.05) is 0 Å². The molecule has 2 heterocycles. The van der Waals surface area contributed by atoms with Crippen molar-refractivity contribution in [3.63, 3.8) is 0 Å². The third-order valence-electron chi connectivity index (χ3n) is 10.9. The van der Waals surface area contributed by atoms with E-state index >= 15 is 0 Å². The van der Waals surface area contributed by atoms with Crippen LogP contribution in [0.5, 0.6) is 0 Å². The molecule has 0 bridgehead atoms. The molecule has 0 spiro atoms. The zero-order chi connectivity index (χ0) is 37.7. The van der Waals surface area contributed by atoms with Crippen LogP contribution in [-0.4, -0.2) is 15.0 Å². The molecule has 3 nitrogen and oxygen atoms in total. The summed E-state index contributed by atoms with van der Waals surface area (Å²) in [4.78, 5) is 15.4. The van der Waals surface area contributed by atoms with Crippen molar-refractivity contribution in [1.82, 2.24) is 15.0 Å². The lowest BCUT2D eigenvalue weighted by atomic mass is 9.96. The minimum absolute atomic E-state index is 0.647. The van der Waals surface area contributed by atoms with Gasteiger partial charge in [-0.05, 0) is 67.1 Å². The summed E-state index contributed by atoms with van der Waals surface area (Å²) in [6.07, 6.45) is 0. The molecule has 0 aliphatic rings. The van der Waals surface area contributed by atoms with Gasteiger partial charge in [-0.1, -0.05) is 188 Å². The highest BCUT2D eigenvalue weighted by atomic mass is 32.1. The van der Waals surface area contributed by atoms with Crippen LogP contribution in [0.1, 0.15) is 0 Å². The summed E-state index contributed by atoms with van der Waals surface area (Å²) in [5, 5.41) is 7.34. The number of hydrogen-bond donors (Lipinski definition) is 0. The van der Waals surface area contributed by atoms with E-state index in [0.717, 1.165) is 27.6 Å². The normalized spacial score (nSPS) is 11.5. The summed E-state index contributed by atoms with van der Waals surface area (Å²) in [5.74, 6) is 1.96. The summed E-state index contributed by atoms with van der Waals surface area (Å²) < 4.78 is 2.47. The van der Waals surface area contributed by atoms with Gasteiger partial charge in [0.05, 0.1) is 0 Å². The Hall–Kier alpha value is -7.27. The molecule has 0 fully saturated rings. The summed E-state index contributed by atoms with van der Waals surface area (Å²) in [6, 6.07) is 71.1. The number of nitrogens with zero attached hydrogens (tertiary/aromatic N) is 3. The molecule has 0 aliphatic heterocycles. The minimum atomic E-state index is 0.647.